The topological polar surface area (TPSA) is 75.6 Å². The Labute approximate surface area is 209 Å². The number of nitrogens with one attached hydrogen (secondary N) is 1. The van der Waals surface area contributed by atoms with Crippen LogP contribution in [0, 0.1) is 11.7 Å². The van der Waals surface area contributed by atoms with Gasteiger partial charge in [-0.1, -0.05) is 61.8 Å². The van der Waals surface area contributed by atoms with Gasteiger partial charge in [0.2, 0.25) is 0 Å². The first-order chi connectivity index (χ1) is 16.7. The molecule has 3 aromatic rings. The highest BCUT2D eigenvalue weighted by Crippen LogP contribution is 2.27. The second kappa shape index (κ2) is 12.4. The van der Waals surface area contributed by atoms with E-state index >= 15 is 0 Å². The highest BCUT2D eigenvalue weighted by atomic mass is 35.5. The second-order valence-electron chi connectivity index (χ2n) is 8.81. The summed E-state index contributed by atoms with van der Waals surface area (Å²) in [5, 5.41) is 12.4. The van der Waals surface area contributed by atoms with Crippen molar-refractivity contribution in [2.75, 3.05) is 0 Å². The molecule has 1 unspecified atom stereocenters. The lowest BCUT2D eigenvalue weighted by atomic mass is 9.95. The smallest absolute Gasteiger partial charge is 0.303 e. The summed E-state index contributed by atoms with van der Waals surface area (Å²) in [6, 6.07) is 18.4. The first-order valence-electron chi connectivity index (χ1n) is 11.5. The molecule has 0 heterocycles. The highest BCUT2D eigenvalue weighted by Gasteiger charge is 2.22. The van der Waals surface area contributed by atoms with E-state index in [0.717, 1.165) is 5.56 Å². The third kappa shape index (κ3) is 7.82. The Morgan fingerprint density at radius 2 is 1.80 bits per heavy atom. The van der Waals surface area contributed by atoms with Crippen LogP contribution in [0.2, 0.25) is 5.02 Å². The van der Waals surface area contributed by atoms with Crippen molar-refractivity contribution < 1.29 is 23.8 Å². The number of ether oxygens (including phenoxy) is 1. The molecule has 2 N–H and O–H groups in total. The summed E-state index contributed by atoms with van der Waals surface area (Å²) in [4.78, 5) is 24.6. The van der Waals surface area contributed by atoms with Crippen LogP contribution in [-0.2, 0) is 17.8 Å². The minimum Gasteiger partial charge on any atom is -0.489 e. The van der Waals surface area contributed by atoms with Gasteiger partial charge in [-0.15, -0.1) is 0 Å². The van der Waals surface area contributed by atoms with Gasteiger partial charge in [0, 0.05) is 22.6 Å². The molecule has 0 aliphatic rings. The molecule has 0 aromatic heterocycles. The molecule has 3 aromatic carbocycles. The van der Waals surface area contributed by atoms with Gasteiger partial charge in [-0.2, -0.15) is 0 Å². The molecule has 35 heavy (non-hydrogen) atoms. The van der Waals surface area contributed by atoms with Crippen LogP contribution in [0.4, 0.5) is 4.39 Å². The third-order valence-electron chi connectivity index (χ3n) is 5.53. The zero-order valence-electron chi connectivity index (χ0n) is 19.8. The minimum atomic E-state index is -0.950. The Morgan fingerprint density at radius 3 is 2.46 bits per heavy atom. The lowest BCUT2D eigenvalue weighted by Crippen LogP contribution is -2.31. The van der Waals surface area contributed by atoms with Crippen LogP contribution in [-0.4, -0.2) is 17.0 Å². The van der Waals surface area contributed by atoms with E-state index in [2.05, 4.69) is 5.32 Å². The van der Waals surface area contributed by atoms with Gasteiger partial charge in [-0.05, 0) is 60.2 Å². The number of carboxylic acid groups (broad SMARTS) is 1. The molecular formula is C28H29ClFNO4. The molecule has 5 nitrogen and oxygen atoms in total. The average Bonchev–Trinajstić information content (AvgIpc) is 2.81. The quantitative estimate of drug-likeness (QED) is 0.313. The standard InChI is InChI=1S/C28H29ClFNO4/c1-18(2)14-26(23-12-11-21(29)16-25(23)30)31-28(34)24-15-19(8-9-20(24)10-13-27(32)33)17-35-22-6-4-3-5-7-22/h3-9,11-12,15-16,18,26H,10,13-14,17H2,1-2H3,(H,31,34)(H,32,33). The predicted octanol–water partition coefficient (Wildman–Crippen LogP) is 6.59. The van der Waals surface area contributed by atoms with Crippen LogP contribution in [0.1, 0.15) is 59.8 Å². The summed E-state index contributed by atoms with van der Waals surface area (Å²) in [6.07, 6.45) is 0.606. The lowest BCUT2D eigenvalue weighted by molar-refractivity contribution is -0.136. The summed E-state index contributed by atoms with van der Waals surface area (Å²) < 4.78 is 20.5. The van der Waals surface area contributed by atoms with Crippen LogP contribution in [0.3, 0.4) is 0 Å². The molecule has 3 rings (SSSR count). The van der Waals surface area contributed by atoms with Crippen LogP contribution >= 0.6 is 11.6 Å². The van der Waals surface area contributed by atoms with E-state index in [-0.39, 0.29) is 30.4 Å². The summed E-state index contributed by atoms with van der Waals surface area (Å²) in [5.41, 5.74) is 2.07. The van der Waals surface area contributed by atoms with Gasteiger partial charge in [0.05, 0.1) is 6.04 Å². The number of para-hydroxylation sites is 1. The summed E-state index contributed by atoms with van der Waals surface area (Å²) in [7, 11) is 0. The SMILES string of the molecule is CC(C)CC(NC(=O)c1cc(COc2ccccc2)ccc1CCC(=O)O)c1ccc(Cl)cc1F. The number of carbonyl (C=O) groups excluding carboxylic acids is 1. The van der Waals surface area contributed by atoms with Gasteiger partial charge in [0.25, 0.3) is 5.91 Å². The number of rotatable bonds is 11. The summed E-state index contributed by atoms with van der Waals surface area (Å²) >= 11 is 5.91. The molecule has 0 spiro atoms. The van der Waals surface area contributed by atoms with Crippen LogP contribution in [0.5, 0.6) is 5.75 Å². The molecule has 0 saturated carbocycles. The zero-order chi connectivity index (χ0) is 25.4. The van der Waals surface area contributed by atoms with Crippen molar-refractivity contribution >= 4 is 23.5 Å². The Hall–Kier alpha value is -3.38. The van der Waals surface area contributed by atoms with E-state index in [9.17, 15) is 14.0 Å². The van der Waals surface area contributed by atoms with Crippen molar-refractivity contribution in [1.29, 1.82) is 0 Å². The molecule has 0 aliphatic carbocycles. The van der Waals surface area contributed by atoms with Crippen molar-refractivity contribution in [1.82, 2.24) is 5.32 Å². The number of carboxylic acids is 1. The molecular weight excluding hydrogens is 469 g/mol. The summed E-state index contributed by atoms with van der Waals surface area (Å²) in [6.45, 7) is 4.23. The van der Waals surface area contributed by atoms with Gasteiger partial charge < -0.3 is 15.2 Å². The van der Waals surface area contributed by atoms with Crippen molar-refractivity contribution in [3.63, 3.8) is 0 Å². The van der Waals surface area contributed by atoms with E-state index in [1.165, 1.54) is 6.07 Å². The van der Waals surface area contributed by atoms with Crippen LogP contribution < -0.4 is 10.1 Å². The molecule has 1 atom stereocenters. The highest BCUT2D eigenvalue weighted by molar-refractivity contribution is 6.30. The molecule has 0 radical (unpaired) electrons. The van der Waals surface area contributed by atoms with E-state index in [4.69, 9.17) is 21.4 Å². The second-order valence-corrected chi connectivity index (χ2v) is 9.24. The average molecular weight is 498 g/mol. The van der Waals surface area contributed by atoms with E-state index in [1.807, 2.05) is 50.2 Å². The van der Waals surface area contributed by atoms with Gasteiger partial charge in [-0.3, -0.25) is 9.59 Å². The number of carbonyl (C=O) groups is 2. The number of amides is 1. The van der Waals surface area contributed by atoms with E-state index < -0.39 is 23.7 Å². The Balaban J connectivity index is 1.88. The van der Waals surface area contributed by atoms with E-state index in [1.54, 1.807) is 24.3 Å². The number of aliphatic carboxylic acids is 1. The van der Waals surface area contributed by atoms with Crippen molar-refractivity contribution in [2.45, 2.75) is 45.8 Å². The third-order valence-corrected chi connectivity index (χ3v) is 5.76. The Bertz CT molecular complexity index is 1170. The minimum absolute atomic E-state index is 0.110. The largest absolute Gasteiger partial charge is 0.489 e. The normalized spacial score (nSPS) is 11.8. The number of halogens is 2. The molecule has 0 saturated heterocycles. The molecule has 0 fully saturated rings. The fourth-order valence-corrected chi connectivity index (χ4v) is 3.98. The number of benzene rings is 3. The Morgan fingerprint density at radius 1 is 1.06 bits per heavy atom. The fraction of sp³-hybridized carbons (Fsp3) is 0.286. The van der Waals surface area contributed by atoms with Gasteiger partial charge in [0.15, 0.2) is 0 Å². The first-order valence-corrected chi connectivity index (χ1v) is 11.9. The van der Waals surface area contributed by atoms with Crippen molar-refractivity contribution in [3.8, 4) is 5.75 Å². The summed E-state index contributed by atoms with van der Waals surface area (Å²) in [5.74, 6) is -0.948. The maximum atomic E-state index is 14.7. The first kappa shape index (κ1) is 26.2. The molecule has 1 amide bonds. The monoisotopic (exact) mass is 497 g/mol. The molecule has 0 bridgehead atoms. The maximum absolute atomic E-state index is 14.7. The van der Waals surface area contributed by atoms with Crippen LogP contribution in [0.25, 0.3) is 0 Å². The molecule has 0 aliphatic heterocycles. The lowest BCUT2D eigenvalue weighted by Gasteiger charge is -2.23. The Kier molecular flexibility index (Phi) is 9.26. The zero-order valence-corrected chi connectivity index (χ0v) is 20.5. The van der Waals surface area contributed by atoms with Crippen molar-refractivity contribution in [3.05, 3.63) is 99.8 Å². The predicted molar refractivity (Wildman–Crippen MR) is 134 cm³/mol. The van der Waals surface area contributed by atoms with Crippen LogP contribution in [0.15, 0.2) is 66.7 Å². The number of hydrogen-bond donors (Lipinski definition) is 2. The number of aryl methyl sites for hydroxylation is 1. The fourth-order valence-electron chi connectivity index (χ4n) is 3.82. The van der Waals surface area contributed by atoms with Gasteiger partial charge in [0.1, 0.15) is 18.2 Å². The molecule has 7 heteroatoms. The van der Waals surface area contributed by atoms with Crippen molar-refractivity contribution in [2.24, 2.45) is 5.92 Å². The van der Waals surface area contributed by atoms with Gasteiger partial charge in [-0.25, -0.2) is 4.39 Å². The van der Waals surface area contributed by atoms with E-state index in [0.29, 0.717) is 28.9 Å². The van der Waals surface area contributed by atoms with Gasteiger partial charge >= 0.3 is 5.97 Å². The number of hydrogen-bond acceptors (Lipinski definition) is 3. The maximum Gasteiger partial charge on any atom is 0.303 e. The molecule has 184 valence electrons.